The Balaban J connectivity index is 1.57. The Hall–Kier alpha value is -3.72. The lowest BCUT2D eigenvalue weighted by Crippen LogP contribution is -2.12. The van der Waals surface area contributed by atoms with E-state index in [2.05, 4.69) is 28.5 Å². The molecule has 0 aliphatic heterocycles. The predicted molar refractivity (Wildman–Crippen MR) is 117 cm³/mol. The molecule has 0 atom stereocenters. The third-order valence-electron chi connectivity index (χ3n) is 4.68. The van der Waals surface area contributed by atoms with Crippen LogP contribution in [0.3, 0.4) is 0 Å². The highest BCUT2D eigenvalue weighted by Gasteiger charge is 2.08. The van der Waals surface area contributed by atoms with E-state index in [0.29, 0.717) is 5.56 Å². The molecule has 4 aromatic carbocycles. The van der Waals surface area contributed by atoms with Gasteiger partial charge in [-0.25, -0.2) is 0 Å². The molecule has 0 fully saturated rings. The highest BCUT2D eigenvalue weighted by Crippen LogP contribution is 2.20. The summed E-state index contributed by atoms with van der Waals surface area (Å²) in [6.07, 6.45) is 1.85. The molecule has 0 aliphatic carbocycles. The van der Waals surface area contributed by atoms with Crippen LogP contribution >= 0.6 is 0 Å². The molecule has 0 aromatic heterocycles. The van der Waals surface area contributed by atoms with Crippen molar-refractivity contribution in [3.05, 3.63) is 108 Å². The smallest absolute Gasteiger partial charge is 0.255 e. The van der Waals surface area contributed by atoms with Gasteiger partial charge in [0.2, 0.25) is 0 Å². The van der Waals surface area contributed by atoms with Gasteiger partial charge in [-0.15, -0.1) is 0 Å². The lowest BCUT2D eigenvalue weighted by molar-refractivity contribution is 0.102. The monoisotopic (exact) mass is 364 g/mol. The van der Waals surface area contributed by atoms with E-state index in [1.165, 1.54) is 5.39 Å². The number of aryl methyl sites for hydroxylation is 1. The first-order valence-corrected chi connectivity index (χ1v) is 9.19. The number of anilines is 1. The fourth-order valence-electron chi connectivity index (χ4n) is 3.14. The van der Waals surface area contributed by atoms with Crippen LogP contribution in [0.25, 0.3) is 10.8 Å². The zero-order valence-electron chi connectivity index (χ0n) is 15.6. The Kier molecular flexibility index (Phi) is 4.98. The third-order valence-corrected chi connectivity index (χ3v) is 4.68. The molecule has 0 bridgehead atoms. The fourth-order valence-corrected chi connectivity index (χ4v) is 3.14. The second-order valence-corrected chi connectivity index (χ2v) is 6.65. The molecule has 1 amide bonds. The molecule has 0 saturated carbocycles. The van der Waals surface area contributed by atoms with Crippen LogP contribution in [-0.2, 0) is 0 Å². The molecular weight excluding hydrogens is 344 g/mol. The standard InChI is InChI=1S/C25H20N2O/c1-18-8-2-5-15-24(18)27-25(28)20-11-7-13-22(16-20)26-17-21-12-6-10-19-9-3-4-14-23(19)21/h2-17H,1H3,(H,27,28). The van der Waals surface area contributed by atoms with Crippen molar-refractivity contribution in [3.63, 3.8) is 0 Å². The number of benzene rings is 4. The van der Waals surface area contributed by atoms with Crippen LogP contribution < -0.4 is 5.32 Å². The van der Waals surface area contributed by atoms with Crippen molar-refractivity contribution in [1.82, 2.24) is 0 Å². The Morgan fingerprint density at radius 1 is 0.857 bits per heavy atom. The highest BCUT2D eigenvalue weighted by molar-refractivity contribution is 6.05. The highest BCUT2D eigenvalue weighted by atomic mass is 16.1. The van der Waals surface area contributed by atoms with E-state index in [1.807, 2.05) is 73.8 Å². The first-order valence-electron chi connectivity index (χ1n) is 9.19. The Bertz CT molecular complexity index is 1170. The largest absolute Gasteiger partial charge is 0.322 e. The van der Waals surface area contributed by atoms with E-state index < -0.39 is 0 Å². The molecule has 4 rings (SSSR count). The molecule has 0 unspecified atom stereocenters. The van der Waals surface area contributed by atoms with Crippen molar-refractivity contribution in [2.75, 3.05) is 5.32 Å². The summed E-state index contributed by atoms with van der Waals surface area (Å²) in [7, 11) is 0. The van der Waals surface area contributed by atoms with Gasteiger partial charge < -0.3 is 5.32 Å². The molecule has 136 valence electrons. The van der Waals surface area contributed by atoms with Gasteiger partial charge in [-0.05, 0) is 47.5 Å². The molecule has 4 aromatic rings. The van der Waals surface area contributed by atoms with E-state index in [1.54, 1.807) is 12.1 Å². The second kappa shape index (κ2) is 7.89. The summed E-state index contributed by atoms with van der Waals surface area (Å²) in [4.78, 5) is 17.2. The third kappa shape index (κ3) is 3.84. The maximum absolute atomic E-state index is 12.6. The number of carbonyl (C=O) groups is 1. The van der Waals surface area contributed by atoms with E-state index in [4.69, 9.17) is 0 Å². The van der Waals surface area contributed by atoms with Crippen molar-refractivity contribution < 1.29 is 4.79 Å². The minimum absolute atomic E-state index is 0.142. The molecule has 0 heterocycles. The Morgan fingerprint density at radius 3 is 2.50 bits per heavy atom. The number of aliphatic imine (C=N–C) groups is 1. The quantitative estimate of drug-likeness (QED) is 0.433. The minimum Gasteiger partial charge on any atom is -0.322 e. The molecule has 0 spiro atoms. The zero-order valence-corrected chi connectivity index (χ0v) is 15.6. The summed E-state index contributed by atoms with van der Waals surface area (Å²) in [6.45, 7) is 1.97. The molecule has 0 aliphatic rings. The molecule has 28 heavy (non-hydrogen) atoms. The number of carbonyl (C=O) groups excluding carboxylic acids is 1. The van der Waals surface area contributed by atoms with Crippen molar-refractivity contribution in [1.29, 1.82) is 0 Å². The summed E-state index contributed by atoms with van der Waals surface area (Å²) >= 11 is 0. The molecule has 3 nitrogen and oxygen atoms in total. The topological polar surface area (TPSA) is 41.5 Å². The Labute approximate surface area is 164 Å². The van der Waals surface area contributed by atoms with Crippen molar-refractivity contribution in [2.45, 2.75) is 6.92 Å². The first kappa shape index (κ1) is 17.7. The average Bonchev–Trinajstić information content (AvgIpc) is 2.74. The number of fused-ring (bicyclic) bond motifs is 1. The average molecular weight is 364 g/mol. The van der Waals surface area contributed by atoms with Gasteiger partial charge in [0.1, 0.15) is 0 Å². The van der Waals surface area contributed by atoms with Crippen molar-refractivity contribution in [2.24, 2.45) is 4.99 Å². The van der Waals surface area contributed by atoms with E-state index >= 15 is 0 Å². The summed E-state index contributed by atoms with van der Waals surface area (Å²) in [6, 6.07) is 29.5. The van der Waals surface area contributed by atoms with Crippen LogP contribution in [-0.4, -0.2) is 12.1 Å². The minimum atomic E-state index is -0.142. The van der Waals surface area contributed by atoms with Crippen LogP contribution in [0.4, 0.5) is 11.4 Å². The van der Waals surface area contributed by atoms with E-state index in [0.717, 1.165) is 27.9 Å². The summed E-state index contributed by atoms with van der Waals surface area (Å²) in [5.74, 6) is -0.142. The number of rotatable bonds is 4. The van der Waals surface area contributed by atoms with Gasteiger partial charge in [-0.3, -0.25) is 9.79 Å². The van der Waals surface area contributed by atoms with Crippen LogP contribution in [0.1, 0.15) is 21.5 Å². The summed E-state index contributed by atoms with van der Waals surface area (Å²) in [5.41, 5.74) is 4.21. The van der Waals surface area contributed by atoms with Gasteiger partial charge in [-0.1, -0.05) is 66.7 Å². The number of para-hydroxylation sites is 1. The lowest BCUT2D eigenvalue weighted by atomic mass is 10.1. The van der Waals surface area contributed by atoms with Gasteiger partial charge in [0.15, 0.2) is 0 Å². The molecule has 0 saturated heterocycles. The van der Waals surface area contributed by atoms with E-state index in [-0.39, 0.29) is 5.91 Å². The van der Waals surface area contributed by atoms with Gasteiger partial charge in [0, 0.05) is 23.0 Å². The maximum Gasteiger partial charge on any atom is 0.255 e. The molecular formula is C25H20N2O. The van der Waals surface area contributed by atoms with Gasteiger partial charge in [0.25, 0.3) is 5.91 Å². The second-order valence-electron chi connectivity index (χ2n) is 6.65. The SMILES string of the molecule is Cc1ccccc1NC(=O)c1cccc(N=Cc2cccc3ccccc23)c1. The van der Waals surface area contributed by atoms with Crippen LogP contribution in [0.2, 0.25) is 0 Å². The lowest BCUT2D eigenvalue weighted by Gasteiger charge is -2.08. The number of hydrogen-bond acceptors (Lipinski definition) is 2. The zero-order chi connectivity index (χ0) is 19.3. The number of amides is 1. The van der Waals surface area contributed by atoms with Crippen LogP contribution in [0.15, 0.2) is 96.0 Å². The van der Waals surface area contributed by atoms with Gasteiger partial charge in [0.05, 0.1) is 5.69 Å². The number of hydrogen-bond donors (Lipinski definition) is 1. The van der Waals surface area contributed by atoms with Crippen molar-refractivity contribution in [3.8, 4) is 0 Å². The predicted octanol–water partition coefficient (Wildman–Crippen LogP) is 6.15. The van der Waals surface area contributed by atoms with Crippen LogP contribution in [0, 0.1) is 6.92 Å². The first-order chi connectivity index (χ1) is 13.7. The molecule has 3 heteroatoms. The van der Waals surface area contributed by atoms with Gasteiger partial charge in [-0.2, -0.15) is 0 Å². The number of nitrogens with one attached hydrogen (secondary N) is 1. The van der Waals surface area contributed by atoms with Gasteiger partial charge >= 0.3 is 0 Å². The molecule has 1 N–H and O–H groups in total. The maximum atomic E-state index is 12.6. The van der Waals surface area contributed by atoms with E-state index in [9.17, 15) is 4.79 Å². The van der Waals surface area contributed by atoms with Crippen molar-refractivity contribution >= 4 is 34.3 Å². The van der Waals surface area contributed by atoms with Crippen LogP contribution in [0.5, 0.6) is 0 Å². The normalized spacial score (nSPS) is 11.0. The summed E-state index contributed by atoms with van der Waals surface area (Å²) < 4.78 is 0. The molecule has 0 radical (unpaired) electrons. The number of nitrogens with zero attached hydrogens (tertiary/aromatic N) is 1. The fraction of sp³-hybridized carbons (Fsp3) is 0.0400. The Morgan fingerprint density at radius 2 is 1.61 bits per heavy atom. The summed E-state index contributed by atoms with van der Waals surface area (Å²) in [5, 5.41) is 5.29.